The lowest BCUT2D eigenvalue weighted by Gasteiger charge is -2.14. The van der Waals surface area contributed by atoms with Gasteiger partial charge in [0.25, 0.3) is 11.6 Å². The summed E-state index contributed by atoms with van der Waals surface area (Å²) in [5.41, 5.74) is -0.102. The standard InChI is InChI=1S/C13H19N3O5/c1-3-5-6-10(13(18)19)14-12(17)11-7-9(16(20)21)8-15(11)4-2/h7-8,10H,3-6H2,1-2H3,(H,14,17)(H,18,19). The summed E-state index contributed by atoms with van der Waals surface area (Å²) in [4.78, 5) is 33.4. The van der Waals surface area contributed by atoms with Crippen LogP contribution in [-0.2, 0) is 11.3 Å². The van der Waals surface area contributed by atoms with Crippen molar-refractivity contribution in [3.63, 3.8) is 0 Å². The zero-order valence-electron chi connectivity index (χ0n) is 12.0. The molecule has 0 aromatic carbocycles. The number of nitrogens with zero attached hydrogens (tertiary/aromatic N) is 2. The minimum Gasteiger partial charge on any atom is -0.480 e. The van der Waals surface area contributed by atoms with Crippen LogP contribution in [0.25, 0.3) is 0 Å². The number of carboxylic acids is 1. The highest BCUT2D eigenvalue weighted by Crippen LogP contribution is 2.16. The molecule has 2 N–H and O–H groups in total. The summed E-state index contributed by atoms with van der Waals surface area (Å²) in [6.07, 6.45) is 3.08. The molecule has 0 aliphatic carbocycles. The first kappa shape index (κ1) is 16.7. The van der Waals surface area contributed by atoms with E-state index in [9.17, 15) is 19.7 Å². The molecule has 0 saturated carbocycles. The third-order valence-corrected chi connectivity index (χ3v) is 3.12. The van der Waals surface area contributed by atoms with E-state index in [1.165, 1.54) is 10.8 Å². The number of carboxylic acid groups (broad SMARTS) is 1. The molecule has 1 aromatic rings. The number of nitrogens with one attached hydrogen (secondary N) is 1. The summed E-state index contributed by atoms with van der Waals surface area (Å²) in [6.45, 7) is 4.04. The third kappa shape index (κ3) is 4.30. The van der Waals surface area contributed by atoms with Gasteiger partial charge in [0.1, 0.15) is 11.7 Å². The van der Waals surface area contributed by atoms with E-state index in [2.05, 4.69) is 5.32 Å². The molecule has 0 fully saturated rings. The van der Waals surface area contributed by atoms with E-state index < -0.39 is 22.8 Å². The molecule has 1 heterocycles. The molecule has 8 heteroatoms. The van der Waals surface area contributed by atoms with Crippen molar-refractivity contribution in [1.82, 2.24) is 9.88 Å². The van der Waals surface area contributed by atoms with Crippen LogP contribution in [0.15, 0.2) is 12.3 Å². The first-order valence-corrected chi connectivity index (χ1v) is 6.78. The Labute approximate surface area is 121 Å². The molecular formula is C13H19N3O5. The van der Waals surface area contributed by atoms with Crippen molar-refractivity contribution >= 4 is 17.6 Å². The lowest BCUT2D eigenvalue weighted by molar-refractivity contribution is -0.384. The van der Waals surface area contributed by atoms with Crippen LogP contribution in [0.4, 0.5) is 5.69 Å². The van der Waals surface area contributed by atoms with E-state index >= 15 is 0 Å². The predicted molar refractivity (Wildman–Crippen MR) is 75.2 cm³/mol. The number of hydrogen-bond acceptors (Lipinski definition) is 4. The van der Waals surface area contributed by atoms with Crippen LogP contribution in [0.2, 0.25) is 0 Å². The van der Waals surface area contributed by atoms with E-state index in [0.29, 0.717) is 19.4 Å². The number of unbranched alkanes of at least 4 members (excludes halogenated alkanes) is 1. The minimum atomic E-state index is -1.11. The number of aryl methyl sites for hydroxylation is 1. The summed E-state index contributed by atoms with van der Waals surface area (Å²) < 4.78 is 1.42. The van der Waals surface area contributed by atoms with Gasteiger partial charge in [0.15, 0.2) is 0 Å². The average molecular weight is 297 g/mol. The van der Waals surface area contributed by atoms with Crippen molar-refractivity contribution in [3.05, 3.63) is 28.1 Å². The van der Waals surface area contributed by atoms with Crippen molar-refractivity contribution < 1.29 is 19.6 Å². The van der Waals surface area contributed by atoms with Gasteiger partial charge < -0.3 is 15.0 Å². The Hall–Kier alpha value is -2.38. The van der Waals surface area contributed by atoms with Gasteiger partial charge in [-0.2, -0.15) is 0 Å². The molecule has 1 aromatic heterocycles. The van der Waals surface area contributed by atoms with Crippen LogP contribution < -0.4 is 5.32 Å². The van der Waals surface area contributed by atoms with Gasteiger partial charge in [-0.15, -0.1) is 0 Å². The van der Waals surface area contributed by atoms with Crippen LogP contribution in [0.3, 0.4) is 0 Å². The van der Waals surface area contributed by atoms with Crippen LogP contribution >= 0.6 is 0 Å². The molecule has 21 heavy (non-hydrogen) atoms. The highest BCUT2D eigenvalue weighted by molar-refractivity contribution is 5.96. The molecule has 1 amide bonds. The van der Waals surface area contributed by atoms with Crippen molar-refractivity contribution in [2.75, 3.05) is 0 Å². The second-order valence-electron chi connectivity index (χ2n) is 4.63. The number of aromatic nitrogens is 1. The van der Waals surface area contributed by atoms with Crippen molar-refractivity contribution in [3.8, 4) is 0 Å². The van der Waals surface area contributed by atoms with Crippen molar-refractivity contribution in [1.29, 1.82) is 0 Å². The number of hydrogen-bond donors (Lipinski definition) is 2. The normalized spacial score (nSPS) is 11.9. The van der Waals surface area contributed by atoms with Gasteiger partial charge in [0.05, 0.1) is 11.1 Å². The lowest BCUT2D eigenvalue weighted by Crippen LogP contribution is -2.41. The molecule has 1 rings (SSSR count). The second-order valence-corrected chi connectivity index (χ2v) is 4.63. The highest BCUT2D eigenvalue weighted by Gasteiger charge is 2.24. The van der Waals surface area contributed by atoms with E-state index in [1.54, 1.807) is 6.92 Å². The van der Waals surface area contributed by atoms with E-state index in [0.717, 1.165) is 12.5 Å². The summed E-state index contributed by atoms with van der Waals surface area (Å²) in [7, 11) is 0. The van der Waals surface area contributed by atoms with Crippen LogP contribution in [0, 0.1) is 10.1 Å². The number of nitro groups is 1. The summed E-state index contributed by atoms with van der Waals surface area (Å²) in [5, 5.41) is 22.2. The quantitative estimate of drug-likeness (QED) is 0.560. The van der Waals surface area contributed by atoms with E-state index in [1.807, 2.05) is 6.92 Å². The Bertz CT molecular complexity index is 538. The SMILES string of the molecule is CCCCC(NC(=O)c1cc([N+](=O)[O-])cn1CC)C(=O)O. The molecule has 0 bridgehead atoms. The molecular weight excluding hydrogens is 278 g/mol. The lowest BCUT2D eigenvalue weighted by atomic mass is 10.1. The molecule has 116 valence electrons. The fourth-order valence-electron chi connectivity index (χ4n) is 1.94. The van der Waals surface area contributed by atoms with Gasteiger partial charge in [-0.3, -0.25) is 14.9 Å². The first-order valence-electron chi connectivity index (χ1n) is 6.78. The Kier molecular flexibility index (Phi) is 5.89. The second kappa shape index (κ2) is 7.41. The summed E-state index contributed by atoms with van der Waals surface area (Å²) in [6, 6.07) is 0.161. The van der Waals surface area contributed by atoms with E-state index in [-0.39, 0.29) is 11.4 Å². The fraction of sp³-hybridized carbons (Fsp3) is 0.538. The monoisotopic (exact) mass is 297 g/mol. The molecule has 0 radical (unpaired) electrons. The zero-order chi connectivity index (χ0) is 16.0. The highest BCUT2D eigenvalue weighted by atomic mass is 16.6. The molecule has 8 nitrogen and oxygen atoms in total. The summed E-state index contributed by atoms with van der Waals surface area (Å²) >= 11 is 0. The maximum Gasteiger partial charge on any atom is 0.326 e. The van der Waals surface area contributed by atoms with Gasteiger partial charge in [-0.05, 0) is 13.3 Å². The van der Waals surface area contributed by atoms with Crippen molar-refractivity contribution in [2.45, 2.75) is 45.7 Å². The number of amides is 1. The minimum absolute atomic E-state index is 0.0898. The van der Waals surface area contributed by atoms with Crippen LogP contribution in [0.5, 0.6) is 0 Å². The Morgan fingerprint density at radius 3 is 2.62 bits per heavy atom. The Morgan fingerprint density at radius 1 is 1.48 bits per heavy atom. The molecule has 0 aliphatic heterocycles. The topological polar surface area (TPSA) is 114 Å². The molecule has 1 unspecified atom stereocenters. The number of carbonyl (C=O) groups excluding carboxylic acids is 1. The smallest absolute Gasteiger partial charge is 0.326 e. The van der Waals surface area contributed by atoms with Gasteiger partial charge in [0, 0.05) is 12.6 Å². The van der Waals surface area contributed by atoms with Gasteiger partial charge in [-0.1, -0.05) is 19.8 Å². The predicted octanol–water partition coefficient (Wildman–Crippen LogP) is 1.79. The van der Waals surface area contributed by atoms with E-state index in [4.69, 9.17) is 5.11 Å². The van der Waals surface area contributed by atoms with Gasteiger partial charge in [-0.25, -0.2) is 4.79 Å². The molecule has 1 atom stereocenters. The number of carbonyl (C=O) groups is 2. The van der Waals surface area contributed by atoms with Crippen LogP contribution in [0.1, 0.15) is 43.6 Å². The van der Waals surface area contributed by atoms with Crippen LogP contribution in [-0.4, -0.2) is 32.5 Å². The first-order chi connectivity index (χ1) is 9.90. The number of aliphatic carboxylic acids is 1. The zero-order valence-corrected chi connectivity index (χ0v) is 12.0. The van der Waals surface area contributed by atoms with Crippen molar-refractivity contribution in [2.24, 2.45) is 0 Å². The molecule has 0 spiro atoms. The molecule has 0 aliphatic rings. The fourth-order valence-corrected chi connectivity index (χ4v) is 1.94. The largest absolute Gasteiger partial charge is 0.480 e. The maximum atomic E-state index is 12.1. The van der Waals surface area contributed by atoms with Gasteiger partial charge >= 0.3 is 5.97 Å². The summed E-state index contributed by atoms with van der Waals surface area (Å²) in [5.74, 6) is -1.73. The Balaban J connectivity index is 2.91. The maximum absolute atomic E-state index is 12.1. The average Bonchev–Trinajstić information content (AvgIpc) is 2.87. The molecule has 0 saturated heterocycles. The third-order valence-electron chi connectivity index (χ3n) is 3.12. The number of rotatable bonds is 8. The van der Waals surface area contributed by atoms with Gasteiger partial charge in [0.2, 0.25) is 0 Å². The Morgan fingerprint density at radius 2 is 2.14 bits per heavy atom.